The van der Waals surface area contributed by atoms with Crippen LogP contribution in [0.1, 0.15) is 96.8 Å². The topological polar surface area (TPSA) is 68.1 Å². The summed E-state index contributed by atoms with van der Waals surface area (Å²) in [6.45, 7) is 2.21. The van der Waals surface area contributed by atoms with Crippen LogP contribution < -0.4 is 5.73 Å². The van der Waals surface area contributed by atoms with Crippen molar-refractivity contribution in [3.63, 3.8) is 0 Å². The Morgan fingerprint density at radius 1 is 0.783 bits per heavy atom. The number of quaternary nitrogens is 1. The highest BCUT2D eigenvalue weighted by atomic mass is 16.3. The second-order valence-electron chi connectivity index (χ2n) is 6.89. The Balaban J connectivity index is 3.17. The first kappa shape index (κ1) is 22.6. The predicted octanol–water partition coefficient (Wildman–Crippen LogP) is 3.99. The van der Waals surface area contributed by atoms with Gasteiger partial charge in [0, 0.05) is 0 Å². The van der Waals surface area contributed by atoms with Gasteiger partial charge in [-0.1, -0.05) is 96.1 Å². The van der Waals surface area contributed by atoms with Crippen LogP contribution in [0.5, 0.6) is 0 Å². The van der Waals surface area contributed by atoms with Gasteiger partial charge in [-0.2, -0.15) is 0 Å². The highest BCUT2D eigenvalue weighted by Crippen LogP contribution is 2.13. The highest BCUT2D eigenvalue weighted by Gasteiger charge is 2.12. The zero-order valence-electron chi connectivity index (χ0n) is 15.5. The minimum Gasteiger partial charge on any atom is -0.390 e. The van der Waals surface area contributed by atoms with Gasteiger partial charge >= 0.3 is 0 Å². The molecule has 138 valence electrons. The molecule has 0 saturated carbocycles. The fraction of sp³-hybridized carbons (Fsp3) is 0.900. The lowest BCUT2D eigenvalue weighted by Crippen LogP contribution is -2.67. The summed E-state index contributed by atoms with van der Waals surface area (Å²) in [7, 11) is 0. The van der Waals surface area contributed by atoms with Crippen molar-refractivity contribution in [1.29, 1.82) is 0 Å². The maximum absolute atomic E-state index is 9.61. The first-order valence-corrected chi connectivity index (χ1v) is 10.0. The monoisotopic (exact) mass is 328 g/mol. The Kier molecular flexibility index (Phi) is 17.7. The number of rotatable bonds is 17. The summed E-state index contributed by atoms with van der Waals surface area (Å²) in [4.78, 5) is 0. The molecule has 23 heavy (non-hydrogen) atoms. The molecule has 5 N–H and O–H groups in total. The Bertz CT molecular complexity index is 256. The summed E-state index contributed by atoms with van der Waals surface area (Å²) < 4.78 is 0. The van der Waals surface area contributed by atoms with Crippen molar-refractivity contribution in [3.8, 4) is 0 Å². The van der Waals surface area contributed by atoms with Gasteiger partial charge in [0.15, 0.2) is 0 Å². The SMILES string of the molecule is CCCCCCCCCCCCCCC/C=C/[C@@H](O)[C@@H]([NH3+])CO. The maximum Gasteiger partial charge on any atom is 0.138 e. The molecule has 0 aliphatic heterocycles. The van der Waals surface area contributed by atoms with E-state index in [0.717, 1.165) is 6.42 Å². The van der Waals surface area contributed by atoms with Gasteiger partial charge in [0.05, 0.1) is 6.61 Å². The molecule has 0 aliphatic carbocycles. The number of unbranched alkanes of at least 4 members (excludes halogenated alkanes) is 13. The van der Waals surface area contributed by atoms with Crippen molar-refractivity contribution in [3.05, 3.63) is 12.2 Å². The minimum absolute atomic E-state index is 0.0652. The highest BCUT2D eigenvalue weighted by molar-refractivity contribution is 4.91. The van der Waals surface area contributed by atoms with Gasteiger partial charge in [-0.15, -0.1) is 0 Å². The van der Waals surface area contributed by atoms with E-state index in [-0.39, 0.29) is 12.6 Å². The number of hydrogen-bond acceptors (Lipinski definition) is 2. The zero-order valence-corrected chi connectivity index (χ0v) is 15.5. The second kappa shape index (κ2) is 18.0. The van der Waals surface area contributed by atoms with E-state index >= 15 is 0 Å². The van der Waals surface area contributed by atoms with E-state index in [9.17, 15) is 5.11 Å². The zero-order chi connectivity index (χ0) is 17.2. The number of allylic oxidation sites excluding steroid dienone is 1. The van der Waals surface area contributed by atoms with Gasteiger partial charge in [-0.05, 0) is 12.8 Å². The Morgan fingerprint density at radius 2 is 1.22 bits per heavy atom. The predicted molar refractivity (Wildman–Crippen MR) is 99.2 cm³/mol. The van der Waals surface area contributed by atoms with Crippen LogP contribution in [0.25, 0.3) is 0 Å². The molecule has 3 heteroatoms. The van der Waals surface area contributed by atoms with E-state index < -0.39 is 6.10 Å². The summed E-state index contributed by atoms with van der Waals surface area (Å²) in [5.74, 6) is 0. The molecule has 0 aromatic rings. The number of aliphatic hydroxyl groups excluding tert-OH is 2. The second-order valence-corrected chi connectivity index (χ2v) is 6.89. The Labute approximate surface area is 144 Å². The lowest BCUT2D eigenvalue weighted by atomic mass is 10.0. The summed E-state index contributed by atoms with van der Waals surface area (Å²) in [6.07, 6.45) is 22.1. The molecule has 0 heterocycles. The minimum atomic E-state index is -0.609. The van der Waals surface area contributed by atoms with Gasteiger partial charge in [-0.25, -0.2) is 0 Å². The van der Waals surface area contributed by atoms with E-state index in [1.807, 2.05) is 6.08 Å². The van der Waals surface area contributed by atoms with Crippen LogP contribution in [0.15, 0.2) is 12.2 Å². The van der Waals surface area contributed by atoms with Gasteiger partial charge in [-0.3, -0.25) is 0 Å². The van der Waals surface area contributed by atoms with Crippen LogP contribution in [0.4, 0.5) is 0 Å². The normalized spacial score (nSPS) is 14.4. The van der Waals surface area contributed by atoms with Crippen molar-refractivity contribution >= 4 is 0 Å². The van der Waals surface area contributed by atoms with Crippen LogP contribution in [0, 0.1) is 0 Å². The van der Waals surface area contributed by atoms with Crippen molar-refractivity contribution in [2.75, 3.05) is 6.61 Å². The molecule has 3 nitrogen and oxygen atoms in total. The molecule has 0 spiro atoms. The van der Waals surface area contributed by atoms with Gasteiger partial charge in [0.25, 0.3) is 0 Å². The van der Waals surface area contributed by atoms with Gasteiger partial charge in [0.2, 0.25) is 0 Å². The lowest BCUT2D eigenvalue weighted by Gasteiger charge is -2.08. The smallest absolute Gasteiger partial charge is 0.138 e. The lowest BCUT2D eigenvalue weighted by molar-refractivity contribution is -0.438. The van der Waals surface area contributed by atoms with Gasteiger partial charge in [0.1, 0.15) is 12.1 Å². The van der Waals surface area contributed by atoms with E-state index in [0.29, 0.717) is 0 Å². The molecular formula is C20H42NO2+. The standard InChI is InChI=1S/C20H41NO2/c1-2-3-4-5-6-7-8-9-10-11-12-13-14-15-16-17-20(23)19(21)18-22/h16-17,19-20,22-23H,2-15,18,21H2,1H3/p+1/b17-16+/t19-,20+/m0/s1. The van der Waals surface area contributed by atoms with E-state index in [1.54, 1.807) is 6.08 Å². The fourth-order valence-corrected chi connectivity index (χ4v) is 2.78. The van der Waals surface area contributed by atoms with Crippen LogP contribution >= 0.6 is 0 Å². The summed E-state index contributed by atoms with van der Waals surface area (Å²) >= 11 is 0. The summed E-state index contributed by atoms with van der Waals surface area (Å²) in [5, 5.41) is 18.5. The number of aliphatic hydroxyl groups is 2. The number of hydrogen-bond donors (Lipinski definition) is 3. The van der Waals surface area contributed by atoms with Gasteiger partial charge < -0.3 is 15.9 Å². The molecule has 0 amide bonds. The average molecular weight is 329 g/mol. The molecule has 0 rings (SSSR count). The Hall–Kier alpha value is -0.380. The van der Waals surface area contributed by atoms with Crippen LogP contribution in [-0.4, -0.2) is 29.0 Å². The third kappa shape index (κ3) is 16.3. The molecule has 0 aliphatic rings. The first-order valence-electron chi connectivity index (χ1n) is 10.0. The third-order valence-electron chi connectivity index (χ3n) is 4.53. The van der Waals surface area contributed by atoms with Crippen molar-refractivity contribution in [2.24, 2.45) is 0 Å². The van der Waals surface area contributed by atoms with E-state index in [1.165, 1.54) is 83.5 Å². The molecule has 0 fully saturated rings. The van der Waals surface area contributed by atoms with Crippen molar-refractivity contribution in [2.45, 2.75) is 109 Å². The van der Waals surface area contributed by atoms with E-state index in [2.05, 4.69) is 12.7 Å². The molecule has 0 bridgehead atoms. The fourth-order valence-electron chi connectivity index (χ4n) is 2.78. The summed E-state index contributed by atoms with van der Waals surface area (Å²) in [6, 6.07) is -0.308. The molecule has 0 aromatic carbocycles. The molecule has 0 unspecified atom stereocenters. The van der Waals surface area contributed by atoms with Crippen molar-refractivity contribution in [1.82, 2.24) is 0 Å². The summed E-state index contributed by atoms with van der Waals surface area (Å²) in [5.41, 5.74) is 3.69. The molecular weight excluding hydrogens is 286 g/mol. The largest absolute Gasteiger partial charge is 0.390 e. The molecule has 0 saturated heterocycles. The molecule has 0 aromatic heterocycles. The van der Waals surface area contributed by atoms with Crippen molar-refractivity contribution < 1.29 is 15.9 Å². The quantitative estimate of drug-likeness (QED) is 0.279. The first-order chi connectivity index (χ1) is 11.2. The molecule has 0 radical (unpaired) electrons. The Morgan fingerprint density at radius 3 is 1.65 bits per heavy atom. The van der Waals surface area contributed by atoms with Crippen LogP contribution in [0.3, 0.4) is 0 Å². The van der Waals surface area contributed by atoms with E-state index in [4.69, 9.17) is 5.11 Å². The maximum atomic E-state index is 9.61. The van der Waals surface area contributed by atoms with Crippen LogP contribution in [-0.2, 0) is 0 Å². The third-order valence-corrected chi connectivity index (χ3v) is 4.53. The average Bonchev–Trinajstić information content (AvgIpc) is 2.57. The van der Waals surface area contributed by atoms with Crippen LogP contribution in [0.2, 0.25) is 0 Å². The molecule has 2 atom stereocenters.